The van der Waals surface area contributed by atoms with Crippen LogP contribution in [-0.2, 0) is 11.2 Å². The second-order valence-electron chi connectivity index (χ2n) is 5.84. The molecule has 2 aromatic carbocycles. The summed E-state index contributed by atoms with van der Waals surface area (Å²) in [5.41, 5.74) is 2.95. The first-order valence-corrected chi connectivity index (χ1v) is 8.16. The van der Waals surface area contributed by atoms with Gasteiger partial charge >= 0.3 is 0 Å². The number of benzene rings is 2. The van der Waals surface area contributed by atoms with Gasteiger partial charge in [0.2, 0.25) is 5.91 Å². The van der Waals surface area contributed by atoms with E-state index in [0.29, 0.717) is 5.69 Å². The number of anilines is 1. The highest BCUT2D eigenvalue weighted by atomic mass is 16.2. The Morgan fingerprint density at radius 1 is 1.12 bits per heavy atom. The molecule has 25 heavy (non-hydrogen) atoms. The van der Waals surface area contributed by atoms with Gasteiger partial charge < -0.3 is 10.2 Å². The molecule has 0 radical (unpaired) electrons. The zero-order chi connectivity index (χ0) is 17.8. The third kappa shape index (κ3) is 3.52. The number of aromatic nitrogens is 2. The standard InChI is InChI=1S/C19H20N4O2/c1-3-13-8-4-6-10-15(13)20-17(24)12-23(2)19(25)18-14-9-5-7-11-16(14)21-22-18/h4-11H,3,12H2,1-2H3,(H,20,24)(H,21,22). The van der Waals surface area contributed by atoms with Crippen LogP contribution in [0.25, 0.3) is 10.9 Å². The quantitative estimate of drug-likeness (QED) is 0.752. The molecule has 3 rings (SSSR count). The molecule has 6 nitrogen and oxygen atoms in total. The summed E-state index contributed by atoms with van der Waals surface area (Å²) >= 11 is 0. The van der Waals surface area contributed by atoms with Gasteiger partial charge in [-0.15, -0.1) is 0 Å². The summed E-state index contributed by atoms with van der Waals surface area (Å²) in [6.45, 7) is 1.99. The van der Waals surface area contributed by atoms with Crippen LogP contribution >= 0.6 is 0 Å². The van der Waals surface area contributed by atoms with Crippen LogP contribution in [0.15, 0.2) is 48.5 Å². The number of amides is 2. The number of hydrogen-bond donors (Lipinski definition) is 2. The smallest absolute Gasteiger partial charge is 0.275 e. The number of aryl methyl sites for hydroxylation is 1. The van der Waals surface area contributed by atoms with Gasteiger partial charge in [-0.25, -0.2) is 0 Å². The number of nitrogens with one attached hydrogen (secondary N) is 2. The average Bonchev–Trinajstić information content (AvgIpc) is 3.05. The number of fused-ring (bicyclic) bond motifs is 1. The van der Waals surface area contributed by atoms with E-state index in [-0.39, 0.29) is 18.4 Å². The van der Waals surface area contributed by atoms with Crippen molar-refractivity contribution < 1.29 is 9.59 Å². The number of para-hydroxylation sites is 2. The zero-order valence-corrected chi connectivity index (χ0v) is 14.2. The molecule has 1 aromatic heterocycles. The monoisotopic (exact) mass is 336 g/mol. The number of nitrogens with zero attached hydrogens (tertiary/aromatic N) is 2. The molecule has 128 valence electrons. The summed E-state index contributed by atoms with van der Waals surface area (Å²) in [7, 11) is 1.59. The van der Waals surface area contributed by atoms with Gasteiger partial charge in [-0.05, 0) is 24.1 Å². The van der Waals surface area contributed by atoms with E-state index in [2.05, 4.69) is 15.5 Å². The van der Waals surface area contributed by atoms with Crippen LogP contribution in [0, 0.1) is 0 Å². The predicted molar refractivity (Wildman–Crippen MR) is 97.5 cm³/mol. The molecule has 1 heterocycles. The van der Waals surface area contributed by atoms with Crippen LogP contribution in [0.5, 0.6) is 0 Å². The van der Waals surface area contributed by atoms with Crippen molar-refractivity contribution in [3.05, 3.63) is 59.8 Å². The fraction of sp³-hybridized carbons (Fsp3) is 0.211. The first-order valence-electron chi connectivity index (χ1n) is 8.16. The van der Waals surface area contributed by atoms with Crippen LogP contribution in [-0.4, -0.2) is 40.5 Å². The number of H-pyrrole nitrogens is 1. The lowest BCUT2D eigenvalue weighted by Crippen LogP contribution is -2.35. The van der Waals surface area contributed by atoms with Crippen molar-refractivity contribution >= 4 is 28.4 Å². The maximum atomic E-state index is 12.6. The van der Waals surface area contributed by atoms with Crippen molar-refractivity contribution in [1.82, 2.24) is 15.1 Å². The summed E-state index contributed by atoms with van der Waals surface area (Å²) in [5.74, 6) is -0.534. The Labute approximate surface area is 145 Å². The van der Waals surface area contributed by atoms with Crippen LogP contribution in [0.4, 0.5) is 5.69 Å². The minimum atomic E-state index is -0.295. The number of likely N-dealkylation sites (N-methyl/N-ethyl adjacent to an activating group) is 1. The highest BCUT2D eigenvalue weighted by molar-refractivity contribution is 6.06. The molecular formula is C19H20N4O2. The fourth-order valence-electron chi connectivity index (χ4n) is 2.73. The van der Waals surface area contributed by atoms with Gasteiger partial charge in [0.1, 0.15) is 0 Å². The van der Waals surface area contributed by atoms with Gasteiger partial charge in [0.05, 0.1) is 12.1 Å². The second-order valence-corrected chi connectivity index (χ2v) is 5.84. The maximum absolute atomic E-state index is 12.6. The molecule has 0 unspecified atom stereocenters. The third-order valence-electron chi connectivity index (χ3n) is 4.07. The third-order valence-corrected chi connectivity index (χ3v) is 4.07. The van der Waals surface area contributed by atoms with Crippen molar-refractivity contribution in [2.75, 3.05) is 18.9 Å². The van der Waals surface area contributed by atoms with Gasteiger partial charge in [0.25, 0.3) is 5.91 Å². The van der Waals surface area contributed by atoms with Gasteiger partial charge in [-0.2, -0.15) is 5.10 Å². The van der Waals surface area contributed by atoms with Gasteiger partial charge in [0, 0.05) is 18.1 Å². The molecular weight excluding hydrogens is 316 g/mol. The Balaban J connectivity index is 1.70. The Hall–Kier alpha value is -3.15. The molecule has 0 saturated heterocycles. The lowest BCUT2D eigenvalue weighted by atomic mass is 10.1. The number of carbonyl (C=O) groups excluding carboxylic acids is 2. The van der Waals surface area contributed by atoms with Gasteiger partial charge in [-0.3, -0.25) is 14.7 Å². The number of aromatic amines is 1. The minimum Gasteiger partial charge on any atom is -0.331 e. The summed E-state index contributed by atoms with van der Waals surface area (Å²) in [6, 6.07) is 15.1. The Morgan fingerprint density at radius 2 is 1.84 bits per heavy atom. The van der Waals surface area contributed by atoms with Crippen molar-refractivity contribution in [2.45, 2.75) is 13.3 Å². The topological polar surface area (TPSA) is 78.1 Å². The van der Waals surface area contributed by atoms with E-state index in [0.717, 1.165) is 28.6 Å². The van der Waals surface area contributed by atoms with E-state index in [1.165, 1.54) is 4.90 Å². The number of carbonyl (C=O) groups is 2. The number of hydrogen-bond acceptors (Lipinski definition) is 3. The molecule has 0 bridgehead atoms. The number of rotatable bonds is 5. The van der Waals surface area contributed by atoms with E-state index in [9.17, 15) is 9.59 Å². The Kier molecular flexibility index (Phi) is 4.79. The van der Waals surface area contributed by atoms with E-state index in [4.69, 9.17) is 0 Å². The van der Waals surface area contributed by atoms with E-state index < -0.39 is 0 Å². The maximum Gasteiger partial charge on any atom is 0.275 e. The average molecular weight is 336 g/mol. The molecule has 0 atom stereocenters. The normalized spacial score (nSPS) is 10.6. The van der Waals surface area contributed by atoms with Gasteiger partial charge in [-0.1, -0.05) is 43.3 Å². The lowest BCUT2D eigenvalue weighted by molar-refractivity contribution is -0.116. The van der Waals surface area contributed by atoms with E-state index in [1.54, 1.807) is 7.05 Å². The summed E-state index contributed by atoms with van der Waals surface area (Å²) < 4.78 is 0. The molecule has 0 aliphatic rings. The molecule has 6 heteroatoms. The molecule has 3 aromatic rings. The molecule has 0 saturated carbocycles. The molecule has 0 aliphatic heterocycles. The zero-order valence-electron chi connectivity index (χ0n) is 14.2. The second kappa shape index (κ2) is 7.17. The summed E-state index contributed by atoms with van der Waals surface area (Å²) in [5, 5.41) is 10.5. The van der Waals surface area contributed by atoms with Crippen molar-refractivity contribution in [3.63, 3.8) is 0 Å². The first kappa shape index (κ1) is 16.7. The molecule has 0 fully saturated rings. The molecule has 0 aliphatic carbocycles. The summed E-state index contributed by atoms with van der Waals surface area (Å²) in [4.78, 5) is 26.3. The highest BCUT2D eigenvalue weighted by Crippen LogP contribution is 2.17. The van der Waals surface area contributed by atoms with Crippen LogP contribution < -0.4 is 5.32 Å². The van der Waals surface area contributed by atoms with Gasteiger partial charge in [0.15, 0.2) is 5.69 Å². The SMILES string of the molecule is CCc1ccccc1NC(=O)CN(C)C(=O)c1n[nH]c2ccccc12. The lowest BCUT2D eigenvalue weighted by Gasteiger charge is -2.16. The van der Waals surface area contributed by atoms with Crippen molar-refractivity contribution in [2.24, 2.45) is 0 Å². The molecule has 0 spiro atoms. The largest absolute Gasteiger partial charge is 0.331 e. The van der Waals surface area contributed by atoms with E-state index in [1.807, 2.05) is 55.5 Å². The first-order chi connectivity index (χ1) is 12.1. The Bertz CT molecular complexity index is 916. The predicted octanol–water partition coefficient (Wildman–Crippen LogP) is 2.84. The Morgan fingerprint density at radius 3 is 2.64 bits per heavy atom. The fourth-order valence-corrected chi connectivity index (χ4v) is 2.73. The van der Waals surface area contributed by atoms with Crippen molar-refractivity contribution in [3.8, 4) is 0 Å². The minimum absolute atomic E-state index is 0.0436. The molecule has 2 amide bonds. The molecule has 2 N–H and O–H groups in total. The highest BCUT2D eigenvalue weighted by Gasteiger charge is 2.20. The van der Waals surface area contributed by atoms with Crippen LogP contribution in [0.3, 0.4) is 0 Å². The van der Waals surface area contributed by atoms with E-state index >= 15 is 0 Å². The summed E-state index contributed by atoms with van der Waals surface area (Å²) in [6.07, 6.45) is 0.824. The van der Waals surface area contributed by atoms with Crippen LogP contribution in [0.2, 0.25) is 0 Å². The van der Waals surface area contributed by atoms with Crippen molar-refractivity contribution in [1.29, 1.82) is 0 Å². The van der Waals surface area contributed by atoms with Crippen LogP contribution in [0.1, 0.15) is 23.0 Å².